The summed E-state index contributed by atoms with van der Waals surface area (Å²) < 4.78 is 24.5. The van der Waals surface area contributed by atoms with E-state index in [4.69, 9.17) is 11.6 Å². The Hall–Kier alpha value is -0.550. The summed E-state index contributed by atoms with van der Waals surface area (Å²) in [4.78, 5) is 0. The predicted molar refractivity (Wildman–Crippen MR) is 68.1 cm³/mol. The van der Waals surface area contributed by atoms with Crippen LogP contribution in [0.25, 0.3) is 0 Å². The molecule has 0 aromatic carbocycles. The van der Waals surface area contributed by atoms with Gasteiger partial charge in [0.05, 0.1) is 23.2 Å². The third kappa shape index (κ3) is 3.01. The zero-order valence-electron chi connectivity index (χ0n) is 10.1. The molecule has 0 aliphatic carbocycles. The van der Waals surface area contributed by atoms with Gasteiger partial charge >= 0.3 is 0 Å². The molecule has 1 saturated heterocycles. The van der Waals surface area contributed by atoms with Crippen LogP contribution in [-0.4, -0.2) is 29.7 Å². The fourth-order valence-corrected chi connectivity index (χ4v) is 4.15. The van der Waals surface area contributed by atoms with Gasteiger partial charge in [-0.05, 0) is 24.8 Å². The van der Waals surface area contributed by atoms with Gasteiger partial charge < -0.3 is 0 Å². The molecule has 0 bridgehead atoms. The maximum atomic E-state index is 11.4. The molecule has 2 rings (SSSR count). The molecule has 0 amide bonds. The molecule has 0 spiro atoms. The van der Waals surface area contributed by atoms with Crippen molar-refractivity contribution in [1.29, 1.82) is 0 Å². The van der Waals surface area contributed by atoms with Crippen LogP contribution in [0.4, 0.5) is 0 Å². The Morgan fingerprint density at radius 2 is 2.29 bits per heavy atom. The van der Waals surface area contributed by atoms with E-state index >= 15 is 0 Å². The molecule has 2 heterocycles. The van der Waals surface area contributed by atoms with Crippen LogP contribution in [-0.2, 0) is 16.3 Å². The number of aromatic nitrogens is 2. The quantitative estimate of drug-likeness (QED) is 0.849. The first-order chi connectivity index (χ1) is 7.87. The van der Waals surface area contributed by atoms with Gasteiger partial charge in [0.2, 0.25) is 0 Å². The van der Waals surface area contributed by atoms with Gasteiger partial charge in [-0.3, -0.25) is 0 Å². The fraction of sp³-hybridized carbons (Fsp3) is 0.727. The van der Waals surface area contributed by atoms with E-state index < -0.39 is 9.84 Å². The molecule has 17 heavy (non-hydrogen) atoms. The van der Waals surface area contributed by atoms with Gasteiger partial charge in [0.25, 0.3) is 0 Å². The highest BCUT2D eigenvalue weighted by Gasteiger charge is 2.31. The number of rotatable bonds is 3. The lowest BCUT2D eigenvalue weighted by Crippen LogP contribution is -2.13. The summed E-state index contributed by atoms with van der Waals surface area (Å²) in [5.41, 5.74) is 0.939. The summed E-state index contributed by atoms with van der Waals surface area (Å²) in [5.74, 6) is 0.921. The van der Waals surface area contributed by atoms with Gasteiger partial charge in [-0.1, -0.05) is 25.4 Å². The van der Waals surface area contributed by atoms with Crippen LogP contribution in [0.5, 0.6) is 0 Å². The van der Waals surface area contributed by atoms with Crippen LogP contribution in [0.15, 0.2) is 6.07 Å². The molecule has 1 aromatic rings. The van der Waals surface area contributed by atoms with Gasteiger partial charge in [0, 0.05) is 0 Å². The minimum atomic E-state index is -2.89. The molecule has 1 aromatic heterocycles. The van der Waals surface area contributed by atoms with Crippen molar-refractivity contribution >= 4 is 21.4 Å². The standard InChI is InChI=1S/C11H17ClN2O2S/c1-8(2)5-9-6-11(12)14(13-9)10-3-4-17(15,16)7-10/h6,8,10H,3-5,7H2,1-2H3. The molecule has 0 N–H and O–H groups in total. The third-order valence-electron chi connectivity index (χ3n) is 2.91. The second kappa shape index (κ2) is 4.61. The maximum Gasteiger partial charge on any atom is 0.152 e. The SMILES string of the molecule is CC(C)Cc1cc(Cl)n(C2CCS(=O)(=O)C2)n1. The van der Waals surface area contributed by atoms with Crippen LogP contribution in [0.2, 0.25) is 5.15 Å². The van der Waals surface area contributed by atoms with E-state index in [1.165, 1.54) is 0 Å². The van der Waals surface area contributed by atoms with Gasteiger partial charge in [0.1, 0.15) is 5.15 Å². The van der Waals surface area contributed by atoms with Crippen molar-refractivity contribution in [1.82, 2.24) is 9.78 Å². The van der Waals surface area contributed by atoms with Gasteiger partial charge in [-0.25, -0.2) is 13.1 Å². The Morgan fingerprint density at radius 1 is 1.59 bits per heavy atom. The lowest BCUT2D eigenvalue weighted by Gasteiger charge is -2.09. The molecular weight excluding hydrogens is 260 g/mol. The molecule has 0 saturated carbocycles. The van der Waals surface area contributed by atoms with E-state index in [1.807, 2.05) is 6.07 Å². The lowest BCUT2D eigenvalue weighted by atomic mass is 10.1. The molecule has 4 nitrogen and oxygen atoms in total. The molecule has 1 unspecified atom stereocenters. The molecular formula is C11H17ClN2O2S. The molecule has 1 atom stereocenters. The monoisotopic (exact) mass is 276 g/mol. The fourth-order valence-electron chi connectivity index (χ4n) is 2.16. The van der Waals surface area contributed by atoms with Crippen molar-refractivity contribution in [2.45, 2.75) is 32.7 Å². The summed E-state index contributed by atoms with van der Waals surface area (Å²) in [6.07, 6.45) is 1.48. The lowest BCUT2D eigenvalue weighted by molar-refractivity contribution is 0.490. The number of sulfone groups is 1. The second-order valence-corrected chi connectivity index (χ2v) is 7.67. The first-order valence-corrected chi connectivity index (χ1v) is 8.01. The van der Waals surface area contributed by atoms with E-state index in [1.54, 1.807) is 4.68 Å². The Labute approximate surface area is 107 Å². The average molecular weight is 277 g/mol. The van der Waals surface area contributed by atoms with Crippen LogP contribution in [0.1, 0.15) is 32.0 Å². The largest absolute Gasteiger partial charge is 0.250 e. The van der Waals surface area contributed by atoms with Crippen LogP contribution in [0, 0.1) is 5.92 Å². The van der Waals surface area contributed by atoms with Crippen molar-refractivity contribution in [3.05, 3.63) is 16.9 Å². The predicted octanol–water partition coefficient (Wildman–Crippen LogP) is 2.09. The zero-order valence-corrected chi connectivity index (χ0v) is 11.6. The van der Waals surface area contributed by atoms with Gasteiger partial charge in [-0.2, -0.15) is 5.10 Å². The molecule has 0 radical (unpaired) electrons. The summed E-state index contributed by atoms with van der Waals surface area (Å²) in [6.45, 7) is 4.24. The normalized spacial score (nSPS) is 23.4. The Bertz CT molecular complexity index is 508. The molecule has 1 fully saturated rings. The molecule has 6 heteroatoms. The van der Waals surface area contributed by atoms with E-state index in [9.17, 15) is 8.42 Å². The minimum Gasteiger partial charge on any atom is -0.250 e. The highest BCUT2D eigenvalue weighted by molar-refractivity contribution is 7.91. The second-order valence-electron chi connectivity index (χ2n) is 5.06. The van der Waals surface area contributed by atoms with Crippen molar-refractivity contribution < 1.29 is 8.42 Å². The Morgan fingerprint density at radius 3 is 2.82 bits per heavy atom. The Balaban J connectivity index is 2.19. The maximum absolute atomic E-state index is 11.4. The number of hydrogen-bond acceptors (Lipinski definition) is 3. The summed E-state index contributed by atoms with van der Waals surface area (Å²) in [5, 5.41) is 4.96. The zero-order chi connectivity index (χ0) is 12.6. The third-order valence-corrected chi connectivity index (χ3v) is 4.95. The summed E-state index contributed by atoms with van der Waals surface area (Å²) in [6, 6.07) is 1.75. The number of hydrogen-bond donors (Lipinski definition) is 0. The van der Waals surface area contributed by atoms with Crippen molar-refractivity contribution in [3.8, 4) is 0 Å². The molecule has 1 aliphatic rings. The van der Waals surface area contributed by atoms with Crippen LogP contribution in [0.3, 0.4) is 0 Å². The highest BCUT2D eigenvalue weighted by Crippen LogP contribution is 2.27. The van der Waals surface area contributed by atoms with Crippen molar-refractivity contribution in [2.24, 2.45) is 5.92 Å². The first kappa shape index (κ1) is 12.9. The van der Waals surface area contributed by atoms with Crippen molar-refractivity contribution in [3.63, 3.8) is 0 Å². The highest BCUT2D eigenvalue weighted by atomic mass is 35.5. The number of halogens is 1. The minimum absolute atomic E-state index is 0.0894. The van der Waals surface area contributed by atoms with E-state index in [0.29, 0.717) is 17.5 Å². The van der Waals surface area contributed by atoms with Gasteiger partial charge in [-0.15, -0.1) is 0 Å². The average Bonchev–Trinajstić information content (AvgIpc) is 2.68. The molecule has 96 valence electrons. The van der Waals surface area contributed by atoms with Crippen molar-refractivity contribution in [2.75, 3.05) is 11.5 Å². The van der Waals surface area contributed by atoms with E-state index in [0.717, 1.165) is 12.1 Å². The van der Waals surface area contributed by atoms with Crippen LogP contribution < -0.4 is 0 Å². The smallest absolute Gasteiger partial charge is 0.152 e. The van der Waals surface area contributed by atoms with Gasteiger partial charge in [0.15, 0.2) is 9.84 Å². The van der Waals surface area contributed by atoms with Crippen LogP contribution >= 0.6 is 11.6 Å². The summed E-state index contributed by atoms with van der Waals surface area (Å²) >= 11 is 6.11. The first-order valence-electron chi connectivity index (χ1n) is 5.82. The molecule has 1 aliphatic heterocycles. The summed E-state index contributed by atoms with van der Waals surface area (Å²) in [7, 11) is -2.89. The Kier molecular flexibility index (Phi) is 3.50. The topological polar surface area (TPSA) is 52.0 Å². The van der Waals surface area contributed by atoms with E-state index in [-0.39, 0.29) is 17.5 Å². The number of nitrogens with zero attached hydrogens (tertiary/aromatic N) is 2. The van der Waals surface area contributed by atoms with E-state index in [2.05, 4.69) is 18.9 Å².